The smallest absolute Gasteiger partial charge is 0.331 e. The van der Waals surface area contributed by atoms with Gasteiger partial charge in [-0.1, -0.05) is 6.92 Å². The molecule has 0 saturated carbocycles. The molecule has 0 aliphatic carbocycles. The van der Waals surface area contributed by atoms with Crippen LogP contribution in [0.2, 0.25) is 0 Å². The van der Waals surface area contributed by atoms with E-state index in [9.17, 15) is 9.59 Å². The fourth-order valence-electron chi connectivity index (χ4n) is 1.63. The molecule has 0 saturated heterocycles. The van der Waals surface area contributed by atoms with E-state index in [-0.39, 0.29) is 12.5 Å². The van der Waals surface area contributed by atoms with Gasteiger partial charge in [0, 0.05) is 13.2 Å². The van der Waals surface area contributed by atoms with E-state index in [1.54, 1.807) is 45.6 Å². The van der Waals surface area contributed by atoms with E-state index < -0.39 is 11.5 Å². The largest absolute Gasteiger partial charge is 0.464 e. The van der Waals surface area contributed by atoms with Crippen molar-refractivity contribution in [1.29, 1.82) is 0 Å². The van der Waals surface area contributed by atoms with Crippen molar-refractivity contribution in [2.45, 2.75) is 38.3 Å². The second-order valence-corrected chi connectivity index (χ2v) is 6.25. The topological polar surface area (TPSA) is 59.5 Å². The fraction of sp³-hybridized carbons (Fsp3) is 0.533. The molecule has 1 amide bonds. The van der Waals surface area contributed by atoms with E-state index in [0.717, 1.165) is 10.8 Å². The highest BCUT2D eigenvalue weighted by atomic mass is 32.2. The Morgan fingerprint density at radius 3 is 2.48 bits per heavy atom. The van der Waals surface area contributed by atoms with E-state index >= 15 is 0 Å². The van der Waals surface area contributed by atoms with Gasteiger partial charge in [-0.05, 0) is 38.7 Å². The van der Waals surface area contributed by atoms with Gasteiger partial charge < -0.3 is 9.64 Å². The second kappa shape index (κ2) is 7.45. The van der Waals surface area contributed by atoms with Crippen molar-refractivity contribution in [3.63, 3.8) is 0 Å². The van der Waals surface area contributed by atoms with Crippen LogP contribution < -0.4 is 0 Å². The van der Waals surface area contributed by atoms with Crippen LogP contribution in [0.4, 0.5) is 0 Å². The Balaban J connectivity index is 2.88. The van der Waals surface area contributed by atoms with Gasteiger partial charge in [-0.25, -0.2) is 9.78 Å². The SMILES string of the molecule is CCOC(=O)C(C)(C)N(C)C(=O)c1ccc(SCC)nc1. The number of hydrogen-bond acceptors (Lipinski definition) is 5. The zero-order chi connectivity index (χ0) is 16.0. The molecule has 21 heavy (non-hydrogen) atoms. The minimum absolute atomic E-state index is 0.256. The second-order valence-electron chi connectivity index (χ2n) is 4.96. The Labute approximate surface area is 130 Å². The van der Waals surface area contributed by atoms with Crippen LogP contribution in [0.5, 0.6) is 0 Å². The Kier molecular flexibility index (Phi) is 6.20. The predicted octanol–water partition coefficient (Wildman–Crippen LogP) is 2.61. The molecule has 0 atom stereocenters. The molecule has 116 valence electrons. The first-order chi connectivity index (χ1) is 9.84. The minimum Gasteiger partial charge on any atom is -0.464 e. The zero-order valence-corrected chi connectivity index (χ0v) is 14.0. The standard InChI is InChI=1S/C15H22N2O3S/c1-6-20-14(19)15(3,4)17(5)13(18)11-8-9-12(16-10-11)21-7-2/h8-10H,6-7H2,1-5H3. The molecule has 0 aromatic carbocycles. The molecule has 0 fully saturated rings. The lowest BCUT2D eigenvalue weighted by Crippen LogP contribution is -2.51. The molecule has 0 spiro atoms. The third kappa shape index (κ3) is 4.20. The number of carbonyl (C=O) groups excluding carboxylic acids is 2. The van der Waals surface area contributed by atoms with Gasteiger partial charge in [0.05, 0.1) is 17.2 Å². The van der Waals surface area contributed by atoms with Crippen molar-refractivity contribution in [1.82, 2.24) is 9.88 Å². The molecule has 5 nitrogen and oxygen atoms in total. The third-order valence-electron chi connectivity index (χ3n) is 3.19. The molecule has 0 unspecified atom stereocenters. The molecule has 0 radical (unpaired) electrons. The van der Waals surface area contributed by atoms with Crippen LogP contribution in [-0.4, -0.2) is 46.7 Å². The number of aromatic nitrogens is 1. The molecule has 6 heteroatoms. The van der Waals surface area contributed by atoms with Gasteiger partial charge in [0.1, 0.15) is 5.54 Å². The summed E-state index contributed by atoms with van der Waals surface area (Å²) >= 11 is 1.61. The Bertz CT molecular complexity index is 500. The number of hydrogen-bond donors (Lipinski definition) is 0. The van der Waals surface area contributed by atoms with Crippen LogP contribution in [0.15, 0.2) is 23.4 Å². The van der Waals surface area contributed by atoms with Crippen molar-refractivity contribution in [2.75, 3.05) is 19.4 Å². The Morgan fingerprint density at radius 2 is 2.00 bits per heavy atom. The molecule has 1 aromatic rings. The molecular formula is C15H22N2O3S. The summed E-state index contributed by atoms with van der Waals surface area (Å²) in [6.07, 6.45) is 1.54. The summed E-state index contributed by atoms with van der Waals surface area (Å²) in [6.45, 7) is 7.40. The summed E-state index contributed by atoms with van der Waals surface area (Å²) in [6, 6.07) is 3.54. The lowest BCUT2D eigenvalue weighted by molar-refractivity contribution is -0.153. The van der Waals surface area contributed by atoms with Gasteiger partial charge in [0.2, 0.25) is 0 Å². The molecule has 0 aliphatic heterocycles. The number of likely N-dealkylation sites (N-methyl/N-ethyl adjacent to an activating group) is 1. The number of pyridine rings is 1. The number of nitrogens with zero attached hydrogens (tertiary/aromatic N) is 2. The maximum absolute atomic E-state index is 12.4. The number of carbonyl (C=O) groups is 2. The highest BCUT2D eigenvalue weighted by Crippen LogP contribution is 2.19. The molecule has 1 rings (SSSR count). The summed E-state index contributed by atoms with van der Waals surface area (Å²) in [4.78, 5) is 30.0. The van der Waals surface area contributed by atoms with Crippen LogP contribution in [0.3, 0.4) is 0 Å². The number of rotatable bonds is 6. The van der Waals surface area contributed by atoms with E-state index in [1.165, 1.54) is 11.1 Å². The zero-order valence-electron chi connectivity index (χ0n) is 13.2. The average Bonchev–Trinajstić information content (AvgIpc) is 2.47. The number of amides is 1. The number of ether oxygens (including phenoxy) is 1. The third-order valence-corrected chi connectivity index (χ3v) is 4.02. The molecule has 0 N–H and O–H groups in total. The first-order valence-corrected chi connectivity index (χ1v) is 7.87. The normalized spacial score (nSPS) is 11.1. The van der Waals surface area contributed by atoms with Gasteiger partial charge in [-0.3, -0.25) is 4.79 Å². The molecule has 0 bridgehead atoms. The lowest BCUT2D eigenvalue weighted by Gasteiger charge is -2.33. The molecule has 0 aliphatic rings. The van der Waals surface area contributed by atoms with Crippen LogP contribution >= 0.6 is 11.8 Å². The molecule has 1 aromatic heterocycles. The quantitative estimate of drug-likeness (QED) is 0.597. The van der Waals surface area contributed by atoms with Gasteiger partial charge in [0.25, 0.3) is 5.91 Å². The van der Waals surface area contributed by atoms with E-state index in [4.69, 9.17) is 4.74 Å². The van der Waals surface area contributed by atoms with Crippen molar-refractivity contribution in [3.8, 4) is 0 Å². The van der Waals surface area contributed by atoms with Crippen LogP contribution in [0.1, 0.15) is 38.1 Å². The van der Waals surface area contributed by atoms with Crippen LogP contribution in [0.25, 0.3) is 0 Å². The number of esters is 1. The Hall–Kier alpha value is -1.56. The minimum atomic E-state index is -1.02. The van der Waals surface area contributed by atoms with Crippen molar-refractivity contribution in [3.05, 3.63) is 23.9 Å². The maximum Gasteiger partial charge on any atom is 0.331 e. The maximum atomic E-state index is 12.4. The highest BCUT2D eigenvalue weighted by Gasteiger charge is 2.37. The van der Waals surface area contributed by atoms with Gasteiger partial charge in [0.15, 0.2) is 0 Å². The van der Waals surface area contributed by atoms with E-state index in [1.807, 2.05) is 13.0 Å². The Morgan fingerprint density at radius 1 is 1.33 bits per heavy atom. The molecular weight excluding hydrogens is 288 g/mol. The van der Waals surface area contributed by atoms with Crippen molar-refractivity contribution >= 4 is 23.6 Å². The van der Waals surface area contributed by atoms with Gasteiger partial charge in [-0.2, -0.15) is 0 Å². The predicted molar refractivity (Wildman–Crippen MR) is 83.4 cm³/mol. The summed E-state index contributed by atoms with van der Waals surface area (Å²) in [5.74, 6) is 0.247. The average molecular weight is 310 g/mol. The van der Waals surface area contributed by atoms with Gasteiger partial charge in [-0.15, -0.1) is 11.8 Å². The van der Waals surface area contributed by atoms with Crippen LogP contribution in [-0.2, 0) is 9.53 Å². The first kappa shape index (κ1) is 17.5. The summed E-state index contributed by atoms with van der Waals surface area (Å²) in [5, 5.41) is 0.876. The lowest BCUT2D eigenvalue weighted by atomic mass is 10.0. The summed E-state index contributed by atoms with van der Waals surface area (Å²) in [5.41, 5.74) is -0.570. The van der Waals surface area contributed by atoms with E-state index in [0.29, 0.717) is 5.56 Å². The monoisotopic (exact) mass is 310 g/mol. The van der Waals surface area contributed by atoms with Gasteiger partial charge >= 0.3 is 5.97 Å². The van der Waals surface area contributed by atoms with Crippen molar-refractivity contribution < 1.29 is 14.3 Å². The fourth-order valence-corrected chi connectivity index (χ4v) is 2.22. The first-order valence-electron chi connectivity index (χ1n) is 6.88. The van der Waals surface area contributed by atoms with E-state index in [2.05, 4.69) is 4.98 Å². The van der Waals surface area contributed by atoms with Crippen LogP contribution in [0, 0.1) is 0 Å². The summed E-state index contributed by atoms with van der Waals surface area (Å²) in [7, 11) is 1.59. The molecule has 1 heterocycles. The summed E-state index contributed by atoms with van der Waals surface area (Å²) < 4.78 is 5.01. The number of thioether (sulfide) groups is 1. The van der Waals surface area contributed by atoms with Crippen molar-refractivity contribution in [2.24, 2.45) is 0 Å². The highest BCUT2D eigenvalue weighted by molar-refractivity contribution is 7.99.